The minimum atomic E-state index is 0.663. The summed E-state index contributed by atoms with van der Waals surface area (Å²) < 4.78 is 5.77. The van der Waals surface area contributed by atoms with Gasteiger partial charge in [-0.05, 0) is 48.6 Å². The fourth-order valence-corrected chi connectivity index (χ4v) is 2.14. The molecule has 0 saturated heterocycles. The Balaban J connectivity index is 1.67. The SMILES string of the molecule is Cc1ccc(OCc2ccc3c(c2)CC3)cc1. The Labute approximate surface area is 102 Å². The average Bonchev–Trinajstić information content (AvgIpc) is 2.31. The molecule has 2 aromatic carbocycles. The van der Waals surface area contributed by atoms with E-state index in [1.54, 1.807) is 0 Å². The van der Waals surface area contributed by atoms with Crippen LogP contribution in [0.15, 0.2) is 42.5 Å². The molecule has 0 heterocycles. The first-order chi connectivity index (χ1) is 8.31. The number of hydrogen-bond donors (Lipinski definition) is 0. The third kappa shape index (κ3) is 2.19. The molecule has 0 spiro atoms. The van der Waals surface area contributed by atoms with E-state index in [2.05, 4.69) is 37.3 Å². The molecule has 0 atom stereocenters. The van der Waals surface area contributed by atoms with E-state index in [-0.39, 0.29) is 0 Å². The summed E-state index contributed by atoms with van der Waals surface area (Å²) in [6.07, 6.45) is 2.47. The van der Waals surface area contributed by atoms with E-state index in [1.807, 2.05) is 12.1 Å². The molecule has 0 unspecified atom stereocenters. The van der Waals surface area contributed by atoms with E-state index in [1.165, 1.54) is 35.1 Å². The lowest BCUT2D eigenvalue weighted by Crippen LogP contribution is -2.09. The monoisotopic (exact) mass is 224 g/mol. The number of fused-ring (bicyclic) bond motifs is 1. The molecule has 86 valence electrons. The highest BCUT2D eigenvalue weighted by Gasteiger charge is 2.12. The van der Waals surface area contributed by atoms with Crippen LogP contribution in [0.2, 0.25) is 0 Å². The van der Waals surface area contributed by atoms with Gasteiger partial charge in [0.15, 0.2) is 0 Å². The Bertz CT molecular complexity index is 526. The molecule has 0 N–H and O–H groups in total. The van der Waals surface area contributed by atoms with Crippen molar-refractivity contribution in [3.63, 3.8) is 0 Å². The number of ether oxygens (including phenoxy) is 1. The predicted octanol–water partition coefficient (Wildman–Crippen LogP) is 3.67. The second-order valence-corrected chi connectivity index (χ2v) is 4.70. The highest BCUT2D eigenvalue weighted by atomic mass is 16.5. The lowest BCUT2D eigenvalue weighted by atomic mass is 9.87. The Morgan fingerprint density at radius 1 is 0.941 bits per heavy atom. The van der Waals surface area contributed by atoms with Crippen LogP contribution in [0, 0.1) is 6.92 Å². The zero-order valence-corrected chi connectivity index (χ0v) is 10.1. The van der Waals surface area contributed by atoms with E-state index in [0.29, 0.717) is 6.61 Å². The predicted molar refractivity (Wildman–Crippen MR) is 69.4 cm³/mol. The minimum Gasteiger partial charge on any atom is -0.489 e. The van der Waals surface area contributed by atoms with Gasteiger partial charge in [-0.25, -0.2) is 0 Å². The van der Waals surface area contributed by atoms with Gasteiger partial charge in [-0.1, -0.05) is 35.9 Å². The summed E-state index contributed by atoms with van der Waals surface area (Å²) >= 11 is 0. The number of benzene rings is 2. The summed E-state index contributed by atoms with van der Waals surface area (Å²) in [7, 11) is 0. The highest BCUT2D eigenvalue weighted by molar-refractivity contribution is 5.38. The molecule has 1 nitrogen and oxygen atoms in total. The third-order valence-electron chi connectivity index (χ3n) is 3.36. The van der Waals surface area contributed by atoms with Crippen molar-refractivity contribution in [3.8, 4) is 5.75 Å². The second kappa shape index (κ2) is 4.25. The van der Waals surface area contributed by atoms with Crippen LogP contribution in [0.5, 0.6) is 5.75 Å². The summed E-state index contributed by atoms with van der Waals surface area (Å²) in [4.78, 5) is 0. The van der Waals surface area contributed by atoms with Crippen molar-refractivity contribution in [1.29, 1.82) is 0 Å². The van der Waals surface area contributed by atoms with Crippen LogP contribution in [0.3, 0.4) is 0 Å². The topological polar surface area (TPSA) is 9.23 Å². The molecule has 0 aromatic heterocycles. The quantitative estimate of drug-likeness (QED) is 0.773. The standard InChI is InChI=1S/C16H16O/c1-12-2-8-16(9-3-12)17-11-13-4-5-14-6-7-15(14)10-13/h2-5,8-10H,6-7,11H2,1H3. The van der Waals surface area contributed by atoms with Crippen LogP contribution < -0.4 is 4.74 Å². The zero-order chi connectivity index (χ0) is 11.7. The summed E-state index contributed by atoms with van der Waals surface area (Å²) in [5, 5.41) is 0. The first kappa shape index (κ1) is 10.4. The molecular weight excluding hydrogens is 208 g/mol. The average molecular weight is 224 g/mol. The minimum absolute atomic E-state index is 0.663. The molecule has 0 amide bonds. The number of aryl methyl sites for hydroxylation is 3. The maximum Gasteiger partial charge on any atom is 0.119 e. The number of rotatable bonds is 3. The maximum atomic E-state index is 5.77. The molecule has 1 aliphatic carbocycles. The molecule has 0 saturated carbocycles. The van der Waals surface area contributed by atoms with Gasteiger partial charge < -0.3 is 4.74 Å². The first-order valence-electron chi connectivity index (χ1n) is 6.11. The molecule has 1 heteroatoms. The molecule has 0 fully saturated rings. The van der Waals surface area contributed by atoms with Crippen LogP contribution in [0.1, 0.15) is 22.3 Å². The Morgan fingerprint density at radius 2 is 1.71 bits per heavy atom. The van der Waals surface area contributed by atoms with Crippen molar-refractivity contribution in [2.45, 2.75) is 26.4 Å². The smallest absolute Gasteiger partial charge is 0.119 e. The molecule has 0 bridgehead atoms. The van der Waals surface area contributed by atoms with Crippen molar-refractivity contribution in [2.75, 3.05) is 0 Å². The van der Waals surface area contributed by atoms with Crippen molar-refractivity contribution in [1.82, 2.24) is 0 Å². The third-order valence-corrected chi connectivity index (χ3v) is 3.36. The fourth-order valence-electron chi connectivity index (χ4n) is 2.14. The molecular formula is C16H16O. The summed E-state index contributed by atoms with van der Waals surface area (Å²) in [5.74, 6) is 0.943. The normalized spacial score (nSPS) is 12.8. The molecule has 0 aliphatic heterocycles. The van der Waals surface area contributed by atoms with Crippen LogP contribution in [-0.4, -0.2) is 0 Å². The van der Waals surface area contributed by atoms with E-state index in [9.17, 15) is 0 Å². The van der Waals surface area contributed by atoms with Crippen molar-refractivity contribution in [2.24, 2.45) is 0 Å². The van der Waals surface area contributed by atoms with Crippen molar-refractivity contribution >= 4 is 0 Å². The van der Waals surface area contributed by atoms with E-state index in [0.717, 1.165) is 5.75 Å². The zero-order valence-electron chi connectivity index (χ0n) is 10.1. The Hall–Kier alpha value is -1.76. The second-order valence-electron chi connectivity index (χ2n) is 4.70. The lowest BCUT2D eigenvalue weighted by molar-refractivity contribution is 0.306. The number of hydrogen-bond acceptors (Lipinski definition) is 1. The van der Waals surface area contributed by atoms with Gasteiger partial charge in [0.1, 0.15) is 12.4 Å². The van der Waals surface area contributed by atoms with E-state index < -0.39 is 0 Å². The summed E-state index contributed by atoms with van der Waals surface area (Å²) in [5.41, 5.74) is 5.53. The molecule has 17 heavy (non-hydrogen) atoms. The van der Waals surface area contributed by atoms with Gasteiger partial charge in [0.25, 0.3) is 0 Å². The van der Waals surface area contributed by atoms with E-state index in [4.69, 9.17) is 4.74 Å². The van der Waals surface area contributed by atoms with Gasteiger partial charge in [-0.2, -0.15) is 0 Å². The fraction of sp³-hybridized carbons (Fsp3) is 0.250. The van der Waals surface area contributed by atoms with Crippen LogP contribution in [0.4, 0.5) is 0 Å². The largest absolute Gasteiger partial charge is 0.489 e. The van der Waals surface area contributed by atoms with Crippen molar-refractivity contribution < 1.29 is 4.74 Å². The summed E-state index contributed by atoms with van der Waals surface area (Å²) in [6.45, 7) is 2.75. The Kier molecular flexibility index (Phi) is 2.60. The van der Waals surface area contributed by atoms with Gasteiger partial charge in [-0.3, -0.25) is 0 Å². The molecule has 2 aromatic rings. The van der Waals surface area contributed by atoms with E-state index >= 15 is 0 Å². The van der Waals surface area contributed by atoms with Crippen molar-refractivity contribution in [3.05, 3.63) is 64.7 Å². The van der Waals surface area contributed by atoms with Gasteiger partial charge in [-0.15, -0.1) is 0 Å². The van der Waals surface area contributed by atoms with Gasteiger partial charge in [0, 0.05) is 0 Å². The lowest BCUT2D eigenvalue weighted by Gasteiger charge is -2.19. The van der Waals surface area contributed by atoms with Crippen LogP contribution in [-0.2, 0) is 19.4 Å². The maximum absolute atomic E-state index is 5.77. The van der Waals surface area contributed by atoms with Crippen LogP contribution in [0.25, 0.3) is 0 Å². The Morgan fingerprint density at radius 3 is 2.35 bits per heavy atom. The highest BCUT2D eigenvalue weighted by Crippen LogP contribution is 2.24. The molecule has 0 radical (unpaired) electrons. The molecule has 1 aliphatic rings. The summed E-state index contributed by atoms with van der Waals surface area (Å²) in [6, 6.07) is 14.9. The van der Waals surface area contributed by atoms with Gasteiger partial charge in [0.2, 0.25) is 0 Å². The van der Waals surface area contributed by atoms with Gasteiger partial charge in [0.05, 0.1) is 0 Å². The first-order valence-corrected chi connectivity index (χ1v) is 6.11. The van der Waals surface area contributed by atoms with Gasteiger partial charge >= 0.3 is 0 Å². The van der Waals surface area contributed by atoms with Crippen LogP contribution >= 0.6 is 0 Å². The molecule has 3 rings (SSSR count).